The highest BCUT2D eigenvalue weighted by Crippen LogP contribution is 2.39. The van der Waals surface area contributed by atoms with E-state index in [1.54, 1.807) is 32.3 Å². The molecule has 1 N–H and O–H groups in total. The van der Waals surface area contributed by atoms with Crippen molar-refractivity contribution in [2.45, 2.75) is 12.8 Å². The van der Waals surface area contributed by atoms with Crippen molar-refractivity contribution >= 4 is 51.9 Å². The molecule has 0 aliphatic carbocycles. The summed E-state index contributed by atoms with van der Waals surface area (Å²) < 4.78 is 22.3. The Kier molecular flexibility index (Phi) is 7.28. The van der Waals surface area contributed by atoms with E-state index in [2.05, 4.69) is 5.32 Å². The zero-order chi connectivity index (χ0) is 24.2. The molecule has 0 aromatic heterocycles. The van der Waals surface area contributed by atoms with Crippen molar-refractivity contribution in [3.63, 3.8) is 0 Å². The minimum absolute atomic E-state index is 0.00978. The number of hydrogen-bond acceptors (Lipinski definition) is 8. The molecule has 0 radical (unpaired) electrons. The molecule has 2 aliphatic rings. The van der Waals surface area contributed by atoms with E-state index in [9.17, 15) is 9.59 Å². The van der Waals surface area contributed by atoms with Crippen LogP contribution in [0.25, 0.3) is 6.08 Å². The molecule has 0 atom stereocenters. The van der Waals surface area contributed by atoms with Crippen LogP contribution in [0.3, 0.4) is 0 Å². The highest BCUT2D eigenvalue weighted by molar-refractivity contribution is 8.26. The molecule has 2 aromatic carbocycles. The van der Waals surface area contributed by atoms with E-state index in [0.29, 0.717) is 57.3 Å². The van der Waals surface area contributed by atoms with Gasteiger partial charge in [0.05, 0.1) is 31.9 Å². The molecule has 0 spiro atoms. The molecule has 0 unspecified atom stereocenters. The van der Waals surface area contributed by atoms with E-state index in [-0.39, 0.29) is 18.4 Å². The molecule has 2 aliphatic heterocycles. The van der Waals surface area contributed by atoms with Gasteiger partial charge in [-0.05, 0) is 54.3 Å². The van der Waals surface area contributed by atoms with Gasteiger partial charge >= 0.3 is 0 Å². The summed E-state index contributed by atoms with van der Waals surface area (Å²) in [5.74, 6) is 2.03. The fourth-order valence-corrected chi connectivity index (χ4v) is 4.89. The third kappa shape index (κ3) is 4.97. The average Bonchev–Trinajstić information content (AvgIpc) is 3.15. The van der Waals surface area contributed by atoms with Crippen LogP contribution >= 0.6 is 24.0 Å². The van der Waals surface area contributed by atoms with Gasteiger partial charge in [0.1, 0.15) is 10.1 Å². The van der Waals surface area contributed by atoms with Crippen LogP contribution in [0.1, 0.15) is 17.5 Å². The zero-order valence-corrected chi connectivity index (χ0v) is 20.6. The van der Waals surface area contributed by atoms with Crippen molar-refractivity contribution < 1.29 is 28.5 Å². The molecular formula is C24H24N2O6S2. The number of aryl methyl sites for hydroxylation is 1. The minimum atomic E-state index is -0.220. The first kappa shape index (κ1) is 23.9. The third-order valence-corrected chi connectivity index (χ3v) is 6.60. The number of nitrogens with zero attached hydrogens (tertiary/aromatic N) is 1. The number of nitrogens with one attached hydrogen (secondary N) is 1. The summed E-state index contributed by atoms with van der Waals surface area (Å²) in [6, 6.07) is 9.35. The summed E-state index contributed by atoms with van der Waals surface area (Å²) in [4.78, 5) is 26.9. The van der Waals surface area contributed by atoms with Crippen LogP contribution in [-0.4, -0.2) is 50.6 Å². The smallest absolute Gasteiger partial charge is 0.265 e. The van der Waals surface area contributed by atoms with Crippen LogP contribution in [0.5, 0.6) is 23.0 Å². The van der Waals surface area contributed by atoms with Crippen LogP contribution in [0.15, 0.2) is 35.2 Å². The summed E-state index contributed by atoms with van der Waals surface area (Å²) >= 11 is 6.27. The first-order valence-electron chi connectivity index (χ1n) is 10.5. The molecule has 4 rings (SSSR count). The molecule has 1 saturated heterocycles. The Hall–Kier alpha value is -3.24. The van der Waals surface area contributed by atoms with E-state index in [1.165, 1.54) is 11.8 Å². The second-order valence-corrected chi connectivity index (χ2v) is 9.27. The maximum atomic E-state index is 12.7. The quantitative estimate of drug-likeness (QED) is 0.435. The number of amides is 2. The first-order chi connectivity index (χ1) is 16.4. The number of fused-ring (bicyclic) bond motifs is 1. The number of carbonyl (C=O) groups excluding carboxylic acids is 2. The summed E-state index contributed by atoms with van der Waals surface area (Å²) in [6.45, 7) is 0.495. The maximum Gasteiger partial charge on any atom is 0.265 e. The highest BCUT2D eigenvalue weighted by Gasteiger charge is 2.26. The number of hydrogen-bond donors (Lipinski definition) is 1. The predicted molar refractivity (Wildman–Crippen MR) is 135 cm³/mol. The fraction of sp³-hybridized carbons (Fsp3) is 0.292. The van der Waals surface area contributed by atoms with Gasteiger partial charge in [-0.1, -0.05) is 30.0 Å². The van der Waals surface area contributed by atoms with E-state index < -0.39 is 0 Å². The predicted octanol–water partition coefficient (Wildman–Crippen LogP) is 3.56. The normalized spacial score (nSPS) is 16.3. The number of anilines is 1. The maximum absolute atomic E-state index is 12.7. The van der Waals surface area contributed by atoms with Gasteiger partial charge in [0.25, 0.3) is 11.8 Å². The summed E-state index contributed by atoms with van der Waals surface area (Å²) in [5, 5.41) is 2.60. The SMILES string of the molecule is COc1cc(CCCN2C(=O)COc3ccc(C=C4SC(=S)NC4=O)cc32)cc(OC)c1OC. The van der Waals surface area contributed by atoms with Gasteiger partial charge in [0, 0.05) is 6.54 Å². The molecule has 10 heteroatoms. The molecule has 2 amide bonds. The molecule has 8 nitrogen and oxygen atoms in total. The van der Waals surface area contributed by atoms with Crippen molar-refractivity contribution in [2.24, 2.45) is 0 Å². The second-order valence-electron chi connectivity index (χ2n) is 7.55. The van der Waals surface area contributed by atoms with E-state index >= 15 is 0 Å². The number of thiocarbonyl (C=S) groups is 1. The molecule has 2 heterocycles. The number of ether oxygens (including phenoxy) is 4. The zero-order valence-electron chi connectivity index (χ0n) is 19.0. The molecule has 34 heavy (non-hydrogen) atoms. The number of benzene rings is 2. The molecule has 0 bridgehead atoms. The van der Waals surface area contributed by atoms with Crippen molar-refractivity contribution in [3.05, 3.63) is 46.4 Å². The lowest BCUT2D eigenvalue weighted by Crippen LogP contribution is -2.39. The highest BCUT2D eigenvalue weighted by atomic mass is 32.2. The fourth-order valence-electron chi connectivity index (χ4n) is 3.85. The number of carbonyl (C=O) groups is 2. The van der Waals surface area contributed by atoms with Crippen molar-refractivity contribution in [3.8, 4) is 23.0 Å². The average molecular weight is 501 g/mol. The Morgan fingerprint density at radius 3 is 2.47 bits per heavy atom. The molecule has 2 aromatic rings. The monoisotopic (exact) mass is 500 g/mol. The van der Waals surface area contributed by atoms with Gasteiger partial charge in [-0.2, -0.15) is 0 Å². The summed E-state index contributed by atoms with van der Waals surface area (Å²) in [7, 11) is 4.73. The molecular weight excluding hydrogens is 476 g/mol. The van der Waals surface area contributed by atoms with Crippen LogP contribution in [0, 0.1) is 0 Å². The topological polar surface area (TPSA) is 86.3 Å². The number of thioether (sulfide) groups is 1. The Labute approximate surface area is 207 Å². The Balaban J connectivity index is 1.52. The van der Waals surface area contributed by atoms with Crippen LogP contribution in [-0.2, 0) is 16.0 Å². The lowest BCUT2D eigenvalue weighted by Gasteiger charge is -2.29. The van der Waals surface area contributed by atoms with Crippen molar-refractivity contribution in [1.82, 2.24) is 5.32 Å². The van der Waals surface area contributed by atoms with E-state index in [1.807, 2.05) is 30.3 Å². The third-order valence-electron chi connectivity index (χ3n) is 5.44. The van der Waals surface area contributed by atoms with Gasteiger partial charge in [0.2, 0.25) is 5.75 Å². The minimum Gasteiger partial charge on any atom is -0.493 e. The molecule has 0 saturated carbocycles. The van der Waals surface area contributed by atoms with Gasteiger partial charge in [0.15, 0.2) is 18.1 Å². The van der Waals surface area contributed by atoms with Gasteiger partial charge < -0.3 is 29.2 Å². The van der Waals surface area contributed by atoms with Crippen LogP contribution < -0.4 is 29.2 Å². The Bertz CT molecular complexity index is 1160. The van der Waals surface area contributed by atoms with E-state index in [4.69, 9.17) is 31.2 Å². The van der Waals surface area contributed by atoms with Crippen LogP contribution in [0.4, 0.5) is 5.69 Å². The number of rotatable bonds is 8. The van der Waals surface area contributed by atoms with Crippen molar-refractivity contribution in [2.75, 3.05) is 39.4 Å². The van der Waals surface area contributed by atoms with Gasteiger partial charge in [-0.3, -0.25) is 9.59 Å². The Morgan fingerprint density at radius 1 is 1.12 bits per heavy atom. The van der Waals surface area contributed by atoms with Gasteiger partial charge in [-0.15, -0.1) is 0 Å². The van der Waals surface area contributed by atoms with Crippen LogP contribution in [0.2, 0.25) is 0 Å². The lowest BCUT2D eigenvalue weighted by molar-refractivity contribution is -0.121. The Morgan fingerprint density at radius 2 is 1.85 bits per heavy atom. The lowest BCUT2D eigenvalue weighted by atomic mass is 10.1. The van der Waals surface area contributed by atoms with E-state index in [0.717, 1.165) is 11.1 Å². The first-order valence-corrected chi connectivity index (χ1v) is 11.8. The summed E-state index contributed by atoms with van der Waals surface area (Å²) in [6.07, 6.45) is 3.17. The molecule has 1 fully saturated rings. The molecule has 178 valence electrons. The van der Waals surface area contributed by atoms with Crippen molar-refractivity contribution in [1.29, 1.82) is 0 Å². The number of methoxy groups -OCH3 is 3. The largest absolute Gasteiger partial charge is 0.493 e. The van der Waals surface area contributed by atoms with Gasteiger partial charge in [-0.25, -0.2) is 0 Å². The standard InChI is InChI=1S/C24H24N2O6S2/c1-29-18-10-14(11-19(30-2)22(18)31-3)5-4-8-26-16-9-15(6-7-17(16)32-13-21(26)27)12-20-23(28)25-24(33)34-20/h6-7,9-12H,4-5,8,13H2,1-3H3,(H,25,28,33). The summed E-state index contributed by atoms with van der Waals surface area (Å²) in [5.41, 5.74) is 2.48. The second kappa shape index (κ2) is 10.4.